The van der Waals surface area contributed by atoms with Crippen molar-refractivity contribution in [1.29, 1.82) is 0 Å². The van der Waals surface area contributed by atoms with Gasteiger partial charge in [-0.1, -0.05) is 11.6 Å². The number of carbonyl (C=O) groups excluding carboxylic acids is 1. The quantitative estimate of drug-likeness (QED) is 0.768. The Morgan fingerprint density at radius 2 is 2.09 bits per heavy atom. The lowest BCUT2D eigenvalue weighted by molar-refractivity contribution is 0.235. The average Bonchev–Trinajstić information content (AvgIpc) is 2.89. The van der Waals surface area contributed by atoms with Crippen molar-refractivity contribution in [2.45, 2.75) is 16.7 Å². The molecule has 0 spiro atoms. The van der Waals surface area contributed by atoms with Crippen LogP contribution in [0.2, 0.25) is 5.02 Å². The molecule has 0 saturated carbocycles. The van der Waals surface area contributed by atoms with Crippen LogP contribution in [0.1, 0.15) is 5.56 Å². The van der Waals surface area contributed by atoms with Crippen molar-refractivity contribution in [3.8, 4) is 0 Å². The Morgan fingerprint density at radius 3 is 2.65 bits per heavy atom. The zero-order valence-corrected chi connectivity index (χ0v) is 15.7. The molecule has 2 rings (SSSR count). The normalized spacial score (nSPS) is 15.3. The van der Waals surface area contributed by atoms with E-state index in [1.807, 2.05) is 19.0 Å². The first-order valence-corrected chi connectivity index (χ1v) is 9.92. The van der Waals surface area contributed by atoms with Gasteiger partial charge in [0.2, 0.25) is 0 Å². The Balaban J connectivity index is 2.39. The Labute approximate surface area is 146 Å². The molecule has 1 aromatic carbocycles. The fourth-order valence-corrected chi connectivity index (χ4v) is 5.38. The summed E-state index contributed by atoms with van der Waals surface area (Å²) < 4.78 is 26.5. The number of aryl methyl sites for hydroxylation is 1. The number of nitrogens with zero attached hydrogens (tertiary/aromatic N) is 2. The number of hydrogen-bond acceptors (Lipinski definition) is 5. The first-order chi connectivity index (χ1) is 10.7. The maximum atomic E-state index is 12.8. The molecule has 0 aliphatic carbocycles. The molecule has 1 aliphatic rings. The molecule has 23 heavy (non-hydrogen) atoms. The van der Waals surface area contributed by atoms with Crippen molar-refractivity contribution in [3.63, 3.8) is 0 Å². The number of rotatable bonds is 6. The van der Waals surface area contributed by atoms with E-state index in [4.69, 9.17) is 11.6 Å². The molecule has 1 aliphatic heterocycles. The number of thioether (sulfide) groups is 1. The van der Waals surface area contributed by atoms with Crippen LogP contribution in [0.3, 0.4) is 0 Å². The SMILES string of the molecule is Cc1cc(S(=O)(=O)N2CCNC2=O)c(SCCN(C)C)cc1Cl. The van der Waals surface area contributed by atoms with Crippen LogP contribution in [0.4, 0.5) is 4.79 Å². The zero-order chi connectivity index (χ0) is 17.2. The van der Waals surface area contributed by atoms with E-state index in [1.54, 1.807) is 19.1 Å². The van der Waals surface area contributed by atoms with Gasteiger partial charge in [0.25, 0.3) is 10.0 Å². The molecular formula is C14H20ClN3O3S2. The second-order valence-electron chi connectivity index (χ2n) is 5.51. The van der Waals surface area contributed by atoms with Crippen molar-refractivity contribution < 1.29 is 13.2 Å². The van der Waals surface area contributed by atoms with Gasteiger partial charge >= 0.3 is 6.03 Å². The van der Waals surface area contributed by atoms with Crippen LogP contribution in [0.15, 0.2) is 21.9 Å². The topological polar surface area (TPSA) is 69.7 Å². The monoisotopic (exact) mass is 377 g/mol. The van der Waals surface area contributed by atoms with Crippen LogP contribution in [-0.4, -0.2) is 63.1 Å². The van der Waals surface area contributed by atoms with Gasteiger partial charge in [-0.25, -0.2) is 17.5 Å². The minimum Gasteiger partial charge on any atom is -0.335 e. The van der Waals surface area contributed by atoms with Crippen LogP contribution in [-0.2, 0) is 10.0 Å². The molecule has 2 amide bonds. The standard InChI is InChI=1S/C14H20ClN3O3S2/c1-10-8-13(23(20,21)18-5-4-16-14(18)19)12(9-11(10)15)22-7-6-17(2)3/h8-9H,4-7H2,1-3H3,(H,16,19). The van der Waals surface area contributed by atoms with Crippen molar-refractivity contribution in [3.05, 3.63) is 22.7 Å². The number of urea groups is 1. The molecule has 1 fully saturated rings. The minimum absolute atomic E-state index is 0.139. The lowest BCUT2D eigenvalue weighted by atomic mass is 10.2. The first-order valence-electron chi connectivity index (χ1n) is 7.11. The van der Waals surface area contributed by atoms with Gasteiger partial charge in [0, 0.05) is 28.8 Å². The molecule has 1 heterocycles. The van der Waals surface area contributed by atoms with E-state index < -0.39 is 16.1 Å². The molecule has 6 nitrogen and oxygen atoms in total. The lowest BCUT2D eigenvalue weighted by Gasteiger charge is -2.19. The molecule has 0 radical (unpaired) electrons. The third-order valence-corrected chi connectivity index (χ3v) is 6.80. The van der Waals surface area contributed by atoms with E-state index in [0.717, 1.165) is 16.6 Å². The summed E-state index contributed by atoms with van der Waals surface area (Å²) in [5, 5.41) is 3.03. The Bertz CT molecular complexity index is 707. The molecule has 0 bridgehead atoms. The van der Waals surface area contributed by atoms with E-state index in [9.17, 15) is 13.2 Å². The number of halogens is 1. The predicted octanol–water partition coefficient (Wildman–Crippen LogP) is 2.02. The van der Waals surface area contributed by atoms with E-state index in [2.05, 4.69) is 5.32 Å². The van der Waals surface area contributed by atoms with E-state index in [-0.39, 0.29) is 11.4 Å². The molecule has 0 aromatic heterocycles. The fourth-order valence-electron chi connectivity index (χ4n) is 2.09. The highest BCUT2D eigenvalue weighted by atomic mass is 35.5. The van der Waals surface area contributed by atoms with Gasteiger partial charge in [-0.2, -0.15) is 0 Å². The van der Waals surface area contributed by atoms with Gasteiger partial charge < -0.3 is 10.2 Å². The number of benzene rings is 1. The van der Waals surface area contributed by atoms with Gasteiger partial charge in [-0.15, -0.1) is 11.8 Å². The van der Waals surface area contributed by atoms with E-state index >= 15 is 0 Å². The molecule has 1 aromatic rings. The summed E-state index contributed by atoms with van der Waals surface area (Å²) in [5.74, 6) is 0.723. The number of amides is 2. The van der Waals surface area contributed by atoms with Crippen molar-refractivity contribution in [2.24, 2.45) is 0 Å². The summed E-state index contributed by atoms with van der Waals surface area (Å²) in [6, 6.07) is 2.63. The first kappa shape index (κ1) is 18.4. The zero-order valence-electron chi connectivity index (χ0n) is 13.3. The maximum Gasteiger partial charge on any atom is 0.331 e. The summed E-state index contributed by atoms with van der Waals surface area (Å²) in [6.07, 6.45) is 0. The average molecular weight is 378 g/mol. The molecule has 0 unspecified atom stereocenters. The predicted molar refractivity (Wildman–Crippen MR) is 92.8 cm³/mol. The van der Waals surface area contributed by atoms with Gasteiger partial charge in [0.1, 0.15) is 4.90 Å². The van der Waals surface area contributed by atoms with Crippen molar-refractivity contribution in [2.75, 3.05) is 39.5 Å². The van der Waals surface area contributed by atoms with Crippen molar-refractivity contribution >= 4 is 39.4 Å². The third kappa shape index (κ3) is 4.12. The third-order valence-electron chi connectivity index (χ3n) is 3.41. The Morgan fingerprint density at radius 1 is 1.39 bits per heavy atom. The van der Waals surface area contributed by atoms with E-state index in [0.29, 0.717) is 22.0 Å². The maximum absolute atomic E-state index is 12.8. The summed E-state index contributed by atoms with van der Waals surface area (Å²) >= 11 is 7.58. The summed E-state index contributed by atoms with van der Waals surface area (Å²) in [7, 11) is 0.0263. The molecule has 9 heteroatoms. The second-order valence-corrected chi connectivity index (χ2v) is 8.88. The number of carbonyl (C=O) groups is 1. The van der Waals surface area contributed by atoms with Gasteiger partial charge in [0.15, 0.2) is 0 Å². The number of nitrogens with one attached hydrogen (secondary N) is 1. The molecule has 1 saturated heterocycles. The largest absolute Gasteiger partial charge is 0.335 e. The molecule has 128 valence electrons. The highest BCUT2D eigenvalue weighted by molar-refractivity contribution is 8.00. The minimum atomic E-state index is -3.88. The van der Waals surface area contributed by atoms with Crippen LogP contribution in [0.5, 0.6) is 0 Å². The van der Waals surface area contributed by atoms with E-state index in [1.165, 1.54) is 11.8 Å². The fraction of sp³-hybridized carbons (Fsp3) is 0.500. The summed E-state index contributed by atoms with van der Waals surface area (Å²) in [4.78, 5) is 14.5. The number of sulfonamides is 1. The molecule has 1 N–H and O–H groups in total. The summed E-state index contributed by atoms with van der Waals surface area (Å²) in [6.45, 7) is 3.03. The Hall–Kier alpha value is -0.960. The highest BCUT2D eigenvalue weighted by Crippen LogP contribution is 2.33. The van der Waals surface area contributed by atoms with Gasteiger partial charge in [0.05, 0.1) is 6.54 Å². The van der Waals surface area contributed by atoms with Crippen LogP contribution >= 0.6 is 23.4 Å². The van der Waals surface area contributed by atoms with Crippen LogP contribution < -0.4 is 5.32 Å². The van der Waals surface area contributed by atoms with Gasteiger partial charge in [-0.05, 0) is 38.7 Å². The van der Waals surface area contributed by atoms with Crippen LogP contribution in [0, 0.1) is 6.92 Å². The van der Waals surface area contributed by atoms with Crippen LogP contribution in [0.25, 0.3) is 0 Å². The Kier molecular flexibility index (Phi) is 5.83. The smallest absolute Gasteiger partial charge is 0.331 e. The molecular weight excluding hydrogens is 358 g/mol. The lowest BCUT2D eigenvalue weighted by Crippen LogP contribution is -2.34. The number of hydrogen-bond donors (Lipinski definition) is 1. The summed E-state index contributed by atoms with van der Waals surface area (Å²) in [5.41, 5.74) is 0.668. The van der Waals surface area contributed by atoms with Gasteiger partial charge in [-0.3, -0.25) is 0 Å². The highest BCUT2D eigenvalue weighted by Gasteiger charge is 2.34. The van der Waals surface area contributed by atoms with Crippen molar-refractivity contribution in [1.82, 2.24) is 14.5 Å². The second kappa shape index (κ2) is 7.29. The molecule has 0 atom stereocenters.